The maximum absolute atomic E-state index is 12.5. The summed E-state index contributed by atoms with van der Waals surface area (Å²) in [4.78, 5) is 61.2. The summed E-state index contributed by atoms with van der Waals surface area (Å²) in [6.45, 7) is 6.48. The highest BCUT2D eigenvalue weighted by molar-refractivity contribution is 6.07. The average molecular weight is 396 g/mol. The molecule has 2 fully saturated rings. The number of ether oxygens (including phenoxy) is 1. The van der Waals surface area contributed by atoms with Gasteiger partial charge >= 0.3 is 18.0 Å². The maximum atomic E-state index is 12.5. The first-order valence-corrected chi connectivity index (χ1v) is 9.40. The number of urea groups is 2. The van der Waals surface area contributed by atoms with Crippen LogP contribution in [0.3, 0.4) is 0 Å². The molecule has 10 heteroatoms. The molecule has 156 valence electrons. The Morgan fingerprint density at radius 3 is 2.39 bits per heavy atom. The van der Waals surface area contributed by atoms with Crippen LogP contribution in [0.2, 0.25) is 0 Å². The lowest BCUT2D eigenvalue weighted by Gasteiger charge is -2.21. The molecule has 2 rings (SSSR count). The fourth-order valence-corrected chi connectivity index (χ4v) is 3.29. The van der Waals surface area contributed by atoms with E-state index in [4.69, 9.17) is 4.74 Å². The molecular weight excluding hydrogens is 368 g/mol. The topological polar surface area (TPSA) is 134 Å². The molecule has 0 aromatic heterocycles. The molecule has 2 aliphatic rings. The lowest BCUT2D eigenvalue weighted by atomic mass is 9.98. The van der Waals surface area contributed by atoms with Crippen LogP contribution in [-0.2, 0) is 19.1 Å². The van der Waals surface area contributed by atoms with Crippen molar-refractivity contribution in [2.75, 3.05) is 6.54 Å². The van der Waals surface area contributed by atoms with E-state index in [1.54, 1.807) is 20.8 Å². The second-order valence-corrected chi connectivity index (χ2v) is 8.25. The smallest absolute Gasteiger partial charge is 0.325 e. The normalized spacial score (nSPS) is 19.4. The third-order valence-corrected chi connectivity index (χ3v) is 4.65. The lowest BCUT2D eigenvalue weighted by molar-refractivity contribution is -0.154. The summed E-state index contributed by atoms with van der Waals surface area (Å²) < 4.78 is 4.99. The summed E-state index contributed by atoms with van der Waals surface area (Å²) >= 11 is 0. The Labute approximate surface area is 163 Å². The molecule has 0 radical (unpaired) electrons. The SMILES string of the molecule is C[C@@H](OC(=O)CCN1C(=O)NC2(CCCC2)C1=O)C(=O)NC(=O)NC(C)(C)C. The Balaban J connectivity index is 1.79. The number of hydrogen-bond acceptors (Lipinski definition) is 6. The molecule has 0 aromatic rings. The standard InChI is InChI=1S/C18H28N4O6/c1-11(13(24)19-15(26)20-17(2,3)4)28-12(23)7-10-22-14(25)18(21-16(22)27)8-5-6-9-18/h11H,5-10H2,1-4H3,(H,21,27)(H2,19,20,24,26)/t11-/m1/s1. The summed E-state index contributed by atoms with van der Waals surface area (Å²) in [6, 6.07) is -1.20. The van der Waals surface area contributed by atoms with Crippen molar-refractivity contribution in [2.24, 2.45) is 0 Å². The molecule has 1 spiro atoms. The van der Waals surface area contributed by atoms with Crippen LogP contribution in [0.5, 0.6) is 0 Å². The lowest BCUT2D eigenvalue weighted by Crippen LogP contribution is -2.50. The van der Waals surface area contributed by atoms with Gasteiger partial charge in [-0.25, -0.2) is 9.59 Å². The number of carbonyl (C=O) groups is 5. The van der Waals surface area contributed by atoms with Crippen LogP contribution < -0.4 is 16.0 Å². The number of amides is 6. The summed E-state index contributed by atoms with van der Waals surface area (Å²) in [5, 5.41) is 7.37. The van der Waals surface area contributed by atoms with E-state index in [0.29, 0.717) is 12.8 Å². The second kappa shape index (κ2) is 8.15. The van der Waals surface area contributed by atoms with E-state index in [9.17, 15) is 24.0 Å². The van der Waals surface area contributed by atoms with E-state index >= 15 is 0 Å². The average Bonchev–Trinajstić information content (AvgIpc) is 3.10. The van der Waals surface area contributed by atoms with Gasteiger partial charge in [0.15, 0.2) is 6.10 Å². The van der Waals surface area contributed by atoms with Crippen molar-refractivity contribution in [1.82, 2.24) is 20.9 Å². The zero-order valence-electron chi connectivity index (χ0n) is 16.7. The van der Waals surface area contributed by atoms with Crippen LogP contribution in [0, 0.1) is 0 Å². The monoisotopic (exact) mass is 396 g/mol. The first kappa shape index (κ1) is 21.6. The Morgan fingerprint density at radius 2 is 1.82 bits per heavy atom. The molecule has 1 saturated heterocycles. The number of hydrogen-bond donors (Lipinski definition) is 3. The fraction of sp³-hybridized carbons (Fsp3) is 0.722. The minimum Gasteiger partial charge on any atom is -0.452 e. The molecule has 1 aliphatic carbocycles. The van der Waals surface area contributed by atoms with E-state index in [-0.39, 0.29) is 18.9 Å². The largest absolute Gasteiger partial charge is 0.452 e. The van der Waals surface area contributed by atoms with Crippen molar-refractivity contribution >= 4 is 29.8 Å². The Morgan fingerprint density at radius 1 is 1.21 bits per heavy atom. The molecule has 28 heavy (non-hydrogen) atoms. The van der Waals surface area contributed by atoms with Gasteiger partial charge in [0.1, 0.15) is 5.54 Å². The van der Waals surface area contributed by atoms with Crippen LogP contribution in [0.15, 0.2) is 0 Å². The van der Waals surface area contributed by atoms with E-state index < -0.39 is 41.1 Å². The highest BCUT2D eigenvalue weighted by atomic mass is 16.5. The minimum absolute atomic E-state index is 0.121. The first-order valence-electron chi connectivity index (χ1n) is 9.40. The zero-order chi connectivity index (χ0) is 21.1. The summed E-state index contributed by atoms with van der Waals surface area (Å²) in [6.07, 6.45) is 1.52. The molecule has 0 aromatic carbocycles. The van der Waals surface area contributed by atoms with Gasteiger partial charge in [-0.2, -0.15) is 0 Å². The molecule has 1 atom stereocenters. The maximum Gasteiger partial charge on any atom is 0.325 e. The number of imide groups is 2. The van der Waals surface area contributed by atoms with Gasteiger partial charge in [-0.15, -0.1) is 0 Å². The third-order valence-electron chi connectivity index (χ3n) is 4.65. The van der Waals surface area contributed by atoms with Crippen molar-refractivity contribution in [1.29, 1.82) is 0 Å². The molecule has 1 heterocycles. The van der Waals surface area contributed by atoms with Crippen LogP contribution in [0.4, 0.5) is 9.59 Å². The Kier molecular flexibility index (Phi) is 6.30. The van der Waals surface area contributed by atoms with Crippen LogP contribution in [-0.4, -0.2) is 58.5 Å². The quantitative estimate of drug-likeness (QED) is 0.465. The third kappa shape index (κ3) is 5.20. The molecule has 0 bridgehead atoms. The summed E-state index contributed by atoms with van der Waals surface area (Å²) in [7, 11) is 0. The molecule has 1 saturated carbocycles. The molecule has 6 amide bonds. The minimum atomic E-state index is -1.19. The van der Waals surface area contributed by atoms with Gasteiger partial charge in [0.25, 0.3) is 11.8 Å². The van der Waals surface area contributed by atoms with Gasteiger partial charge in [-0.05, 0) is 40.5 Å². The van der Waals surface area contributed by atoms with E-state index in [2.05, 4.69) is 16.0 Å². The summed E-state index contributed by atoms with van der Waals surface area (Å²) in [5.74, 6) is -1.82. The van der Waals surface area contributed by atoms with Crippen molar-refractivity contribution in [3.8, 4) is 0 Å². The zero-order valence-corrected chi connectivity index (χ0v) is 16.7. The van der Waals surface area contributed by atoms with Crippen molar-refractivity contribution < 1.29 is 28.7 Å². The second-order valence-electron chi connectivity index (χ2n) is 8.25. The van der Waals surface area contributed by atoms with Gasteiger partial charge < -0.3 is 15.4 Å². The predicted molar refractivity (Wildman–Crippen MR) is 98.0 cm³/mol. The number of nitrogens with zero attached hydrogens (tertiary/aromatic N) is 1. The number of rotatable bonds is 5. The van der Waals surface area contributed by atoms with Gasteiger partial charge in [-0.3, -0.25) is 24.6 Å². The van der Waals surface area contributed by atoms with Gasteiger partial charge in [0.05, 0.1) is 6.42 Å². The van der Waals surface area contributed by atoms with E-state index in [1.807, 2.05) is 0 Å². The highest BCUT2D eigenvalue weighted by Gasteiger charge is 2.52. The van der Waals surface area contributed by atoms with Gasteiger partial charge in [-0.1, -0.05) is 12.8 Å². The Bertz CT molecular complexity index is 678. The Hall–Kier alpha value is -2.65. The van der Waals surface area contributed by atoms with Crippen molar-refractivity contribution in [2.45, 2.75) is 77.0 Å². The van der Waals surface area contributed by atoms with Gasteiger partial charge in [0.2, 0.25) is 0 Å². The highest BCUT2D eigenvalue weighted by Crippen LogP contribution is 2.35. The molecular formula is C18H28N4O6. The first-order chi connectivity index (χ1) is 12.9. The van der Waals surface area contributed by atoms with Crippen molar-refractivity contribution in [3.05, 3.63) is 0 Å². The molecule has 3 N–H and O–H groups in total. The van der Waals surface area contributed by atoms with E-state index in [0.717, 1.165) is 17.7 Å². The summed E-state index contributed by atoms with van der Waals surface area (Å²) in [5.41, 5.74) is -1.35. The van der Waals surface area contributed by atoms with Gasteiger partial charge in [0, 0.05) is 12.1 Å². The van der Waals surface area contributed by atoms with Crippen LogP contribution in [0.1, 0.15) is 59.8 Å². The predicted octanol–water partition coefficient (Wildman–Crippen LogP) is 0.797. The number of nitrogens with one attached hydrogen (secondary N) is 3. The fourth-order valence-electron chi connectivity index (χ4n) is 3.29. The van der Waals surface area contributed by atoms with Crippen LogP contribution in [0.25, 0.3) is 0 Å². The molecule has 1 aliphatic heterocycles. The molecule has 10 nitrogen and oxygen atoms in total. The van der Waals surface area contributed by atoms with Crippen molar-refractivity contribution in [3.63, 3.8) is 0 Å². The van der Waals surface area contributed by atoms with E-state index in [1.165, 1.54) is 6.92 Å². The molecule has 0 unspecified atom stereocenters. The number of carbonyl (C=O) groups excluding carboxylic acids is 5. The van der Waals surface area contributed by atoms with Crippen LogP contribution >= 0.6 is 0 Å². The number of esters is 1.